The summed E-state index contributed by atoms with van der Waals surface area (Å²) in [5, 5.41) is 8.71. The van der Waals surface area contributed by atoms with E-state index in [0.29, 0.717) is 5.69 Å². The molecule has 15 heavy (non-hydrogen) atoms. The summed E-state index contributed by atoms with van der Waals surface area (Å²) in [7, 11) is 0. The predicted molar refractivity (Wildman–Crippen MR) is 55.8 cm³/mol. The van der Waals surface area contributed by atoms with Gasteiger partial charge in [0.05, 0.1) is 5.69 Å². The van der Waals surface area contributed by atoms with Crippen LogP contribution in [-0.2, 0) is 0 Å². The summed E-state index contributed by atoms with van der Waals surface area (Å²) in [6, 6.07) is 7.78. The molecule has 2 rings (SSSR count). The molecule has 0 spiro atoms. The maximum atomic E-state index is 10.6. The number of carbonyl (C=O) groups is 1. The minimum absolute atomic E-state index is 0.664. The van der Waals surface area contributed by atoms with Crippen molar-refractivity contribution in [1.82, 2.24) is 9.55 Å². The van der Waals surface area contributed by atoms with Crippen molar-refractivity contribution in [2.24, 2.45) is 0 Å². The molecule has 0 fully saturated rings. The van der Waals surface area contributed by atoms with Crippen molar-refractivity contribution in [2.45, 2.75) is 6.92 Å². The number of aromatic nitrogens is 2. The van der Waals surface area contributed by atoms with Gasteiger partial charge in [-0.2, -0.15) is 0 Å². The van der Waals surface area contributed by atoms with Crippen molar-refractivity contribution in [3.8, 4) is 11.3 Å². The molecule has 0 aliphatic heterocycles. The molecule has 76 valence electrons. The summed E-state index contributed by atoms with van der Waals surface area (Å²) < 4.78 is 1.04. The lowest BCUT2D eigenvalue weighted by molar-refractivity contribution is 0.196. The monoisotopic (exact) mass is 202 g/mol. The number of hydrogen-bond acceptors (Lipinski definition) is 2. The Hall–Kier alpha value is -2.10. The van der Waals surface area contributed by atoms with Gasteiger partial charge in [-0.05, 0) is 6.92 Å². The number of rotatable bonds is 1. The Bertz CT molecular complexity index is 486. The molecule has 0 aliphatic rings. The minimum Gasteiger partial charge on any atom is -0.464 e. The SMILES string of the molecule is Cc1ccc(-c2cn(C(=O)O)cn2)cc1. The molecule has 0 unspecified atom stereocenters. The molecule has 1 aromatic heterocycles. The van der Waals surface area contributed by atoms with Crippen LogP contribution in [0.15, 0.2) is 36.8 Å². The van der Waals surface area contributed by atoms with E-state index in [4.69, 9.17) is 5.11 Å². The molecule has 0 bridgehead atoms. The normalized spacial score (nSPS) is 10.2. The molecular weight excluding hydrogens is 192 g/mol. The highest BCUT2D eigenvalue weighted by atomic mass is 16.4. The van der Waals surface area contributed by atoms with Crippen LogP contribution in [-0.4, -0.2) is 20.8 Å². The fraction of sp³-hybridized carbons (Fsp3) is 0.0909. The minimum atomic E-state index is -1.03. The zero-order valence-corrected chi connectivity index (χ0v) is 8.21. The van der Waals surface area contributed by atoms with Crippen molar-refractivity contribution in [3.05, 3.63) is 42.4 Å². The Labute approximate surface area is 86.8 Å². The number of aryl methyl sites for hydroxylation is 1. The van der Waals surface area contributed by atoms with Crippen molar-refractivity contribution >= 4 is 6.09 Å². The number of carboxylic acid groups (broad SMARTS) is 1. The smallest absolute Gasteiger partial charge is 0.416 e. The lowest BCUT2D eigenvalue weighted by atomic mass is 10.1. The zero-order chi connectivity index (χ0) is 10.8. The molecule has 0 saturated heterocycles. The average molecular weight is 202 g/mol. The van der Waals surface area contributed by atoms with Gasteiger partial charge in [0.25, 0.3) is 0 Å². The van der Waals surface area contributed by atoms with Crippen LogP contribution in [0.2, 0.25) is 0 Å². The Kier molecular flexibility index (Phi) is 2.25. The van der Waals surface area contributed by atoms with Crippen LogP contribution in [0.1, 0.15) is 5.56 Å². The van der Waals surface area contributed by atoms with Gasteiger partial charge in [0.2, 0.25) is 0 Å². The molecule has 0 radical (unpaired) electrons. The summed E-state index contributed by atoms with van der Waals surface area (Å²) in [5.74, 6) is 0. The molecule has 0 aliphatic carbocycles. The molecule has 1 N–H and O–H groups in total. The van der Waals surface area contributed by atoms with Crippen LogP contribution in [0.5, 0.6) is 0 Å². The van der Waals surface area contributed by atoms with E-state index in [9.17, 15) is 4.79 Å². The fourth-order valence-corrected chi connectivity index (χ4v) is 1.30. The number of hydrogen-bond donors (Lipinski definition) is 1. The first kappa shape index (κ1) is 9.45. The quantitative estimate of drug-likeness (QED) is 0.772. The summed E-state index contributed by atoms with van der Waals surface area (Å²) in [6.07, 6.45) is 1.76. The maximum Gasteiger partial charge on any atom is 0.416 e. The second-order valence-corrected chi connectivity index (χ2v) is 3.31. The Balaban J connectivity index is 2.37. The van der Waals surface area contributed by atoms with E-state index in [1.165, 1.54) is 12.5 Å². The lowest BCUT2D eigenvalue weighted by Gasteiger charge is -1.96. The van der Waals surface area contributed by atoms with Crippen molar-refractivity contribution in [3.63, 3.8) is 0 Å². The molecule has 2 aromatic rings. The molecule has 4 nitrogen and oxygen atoms in total. The standard InChI is InChI=1S/C11H10N2O2/c1-8-2-4-9(5-3-8)10-6-13(7-12-10)11(14)15/h2-7H,1H3,(H,14,15). The highest BCUT2D eigenvalue weighted by Gasteiger charge is 2.05. The second kappa shape index (κ2) is 3.57. The largest absolute Gasteiger partial charge is 0.464 e. The second-order valence-electron chi connectivity index (χ2n) is 3.31. The van der Waals surface area contributed by atoms with Crippen LogP contribution in [0.3, 0.4) is 0 Å². The Morgan fingerprint density at radius 1 is 1.33 bits per heavy atom. The third kappa shape index (κ3) is 1.88. The maximum absolute atomic E-state index is 10.6. The van der Waals surface area contributed by atoms with Gasteiger partial charge in [-0.1, -0.05) is 29.8 Å². The van der Waals surface area contributed by atoms with Gasteiger partial charge < -0.3 is 5.11 Å². The van der Waals surface area contributed by atoms with Crippen molar-refractivity contribution in [1.29, 1.82) is 0 Å². The molecule has 0 amide bonds. The summed E-state index contributed by atoms with van der Waals surface area (Å²) in [5.41, 5.74) is 2.74. The van der Waals surface area contributed by atoms with E-state index in [2.05, 4.69) is 4.98 Å². The van der Waals surface area contributed by atoms with Gasteiger partial charge in [-0.3, -0.25) is 0 Å². The van der Waals surface area contributed by atoms with Crippen LogP contribution in [0.4, 0.5) is 4.79 Å². The van der Waals surface area contributed by atoms with Gasteiger partial charge in [0.15, 0.2) is 0 Å². The molecule has 4 heteroatoms. The van der Waals surface area contributed by atoms with E-state index in [1.54, 1.807) is 0 Å². The van der Waals surface area contributed by atoms with Crippen molar-refractivity contribution < 1.29 is 9.90 Å². The first-order valence-corrected chi connectivity index (χ1v) is 4.51. The zero-order valence-electron chi connectivity index (χ0n) is 8.21. The lowest BCUT2D eigenvalue weighted by Crippen LogP contribution is -2.03. The first-order valence-electron chi connectivity index (χ1n) is 4.51. The third-order valence-corrected chi connectivity index (χ3v) is 2.15. The summed E-state index contributed by atoms with van der Waals surface area (Å²) in [6.45, 7) is 2.00. The van der Waals surface area contributed by atoms with Crippen LogP contribution in [0.25, 0.3) is 11.3 Å². The first-order chi connectivity index (χ1) is 7.16. The number of benzene rings is 1. The van der Waals surface area contributed by atoms with Crippen LogP contribution in [0, 0.1) is 6.92 Å². The van der Waals surface area contributed by atoms with Crippen molar-refractivity contribution in [2.75, 3.05) is 0 Å². The van der Waals surface area contributed by atoms with Gasteiger partial charge in [0.1, 0.15) is 6.33 Å². The molecular formula is C11H10N2O2. The van der Waals surface area contributed by atoms with Gasteiger partial charge in [0, 0.05) is 11.8 Å². The highest BCUT2D eigenvalue weighted by Crippen LogP contribution is 2.17. The number of nitrogens with zero attached hydrogens (tertiary/aromatic N) is 2. The predicted octanol–water partition coefficient (Wildman–Crippen LogP) is 2.38. The van der Waals surface area contributed by atoms with Crippen LogP contribution < -0.4 is 0 Å². The van der Waals surface area contributed by atoms with Gasteiger partial charge in [-0.15, -0.1) is 0 Å². The van der Waals surface area contributed by atoms with E-state index in [-0.39, 0.29) is 0 Å². The van der Waals surface area contributed by atoms with Gasteiger partial charge >= 0.3 is 6.09 Å². The average Bonchev–Trinajstić information content (AvgIpc) is 2.68. The highest BCUT2D eigenvalue weighted by molar-refractivity contribution is 5.70. The van der Waals surface area contributed by atoms with Crippen LogP contribution >= 0.6 is 0 Å². The van der Waals surface area contributed by atoms with Gasteiger partial charge in [-0.25, -0.2) is 14.3 Å². The Morgan fingerprint density at radius 3 is 2.53 bits per heavy atom. The van der Waals surface area contributed by atoms with E-state index >= 15 is 0 Å². The fourth-order valence-electron chi connectivity index (χ4n) is 1.30. The topological polar surface area (TPSA) is 55.1 Å². The molecule has 1 heterocycles. The molecule has 1 aromatic carbocycles. The molecule has 0 atom stereocenters. The van der Waals surface area contributed by atoms with E-state index in [0.717, 1.165) is 15.7 Å². The number of imidazole rings is 1. The van der Waals surface area contributed by atoms with E-state index in [1.807, 2.05) is 31.2 Å². The third-order valence-electron chi connectivity index (χ3n) is 2.15. The van der Waals surface area contributed by atoms with E-state index < -0.39 is 6.09 Å². The Morgan fingerprint density at radius 2 is 2.00 bits per heavy atom. The molecule has 0 saturated carbocycles. The summed E-state index contributed by atoms with van der Waals surface area (Å²) >= 11 is 0. The summed E-state index contributed by atoms with van der Waals surface area (Å²) in [4.78, 5) is 14.6.